The molecule has 1 aliphatic carbocycles. The van der Waals surface area contributed by atoms with Crippen LogP contribution in [0.2, 0.25) is 0 Å². The van der Waals surface area contributed by atoms with Crippen LogP contribution in [0.25, 0.3) is 0 Å². The van der Waals surface area contributed by atoms with E-state index in [0.29, 0.717) is 5.41 Å². The SMILES string of the molecule is CCC1CCCC(CN)(Cc2ccc(I)cc2)C1. The van der Waals surface area contributed by atoms with E-state index >= 15 is 0 Å². The van der Waals surface area contributed by atoms with Gasteiger partial charge in [0.25, 0.3) is 0 Å². The first kappa shape index (κ1) is 14.3. The molecule has 0 heterocycles. The van der Waals surface area contributed by atoms with E-state index in [1.807, 2.05) is 0 Å². The highest BCUT2D eigenvalue weighted by Gasteiger charge is 2.34. The van der Waals surface area contributed by atoms with Gasteiger partial charge in [0.15, 0.2) is 0 Å². The zero-order valence-electron chi connectivity index (χ0n) is 11.3. The van der Waals surface area contributed by atoms with Crippen molar-refractivity contribution in [3.05, 3.63) is 33.4 Å². The number of halogens is 1. The summed E-state index contributed by atoms with van der Waals surface area (Å²) in [5, 5.41) is 0. The van der Waals surface area contributed by atoms with Crippen LogP contribution in [-0.4, -0.2) is 6.54 Å². The van der Waals surface area contributed by atoms with Crippen molar-refractivity contribution in [3.63, 3.8) is 0 Å². The quantitative estimate of drug-likeness (QED) is 0.796. The molecule has 1 aromatic rings. The van der Waals surface area contributed by atoms with Crippen molar-refractivity contribution in [1.82, 2.24) is 0 Å². The van der Waals surface area contributed by atoms with Gasteiger partial charge in [-0.05, 0) is 77.4 Å². The molecule has 18 heavy (non-hydrogen) atoms. The Hall–Kier alpha value is -0.0900. The van der Waals surface area contributed by atoms with Gasteiger partial charge in [-0.2, -0.15) is 0 Å². The van der Waals surface area contributed by atoms with E-state index in [2.05, 4.69) is 53.8 Å². The average Bonchev–Trinajstić information content (AvgIpc) is 2.42. The maximum Gasteiger partial charge on any atom is 0.0130 e. The molecule has 2 N–H and O–H groups in total. The molecule has 1 saturated carbocycles. The van der Waals surface area contributed by atoms with E-state index in [0.717, 1.165) is 18.9 Å². The van der Waals surface area contributed by atoms with Crippen LogP contribution < -0.4 is 5.73 Å². The monoisotopic (exact) mass is 357 g/mol. The summed E-state index contributed by atoms with van der Waals surface area (Å²) >= 11 is 2.36. The molecule has 0 saturated heterocycles. The number of hydrogen-bond donors (Lipinski definition) is 1. The highest BCUT2D eigenvalue weighted by Crippen LogP contribution is 2.42. The molecule has 0 amide bonds. The van der Waals surface area contributed by atoms with E-state index in [9.17, 15) is 0 Å². The van der Waals surface area contributed by atoms with Crippen molar-refractivity contribution in [2.45, 2.75) is 45.4 Å². The lowest BCUT2D eigenvalue weighted by Crippen LogP contribution is -2.37. The molecule has 0 radical (unpaired) electrons. The number of nitrogens with two attached hydrogens (primary N) is 1. The molecule has 0 aromatic heterocycles. The number of benzene rings is 1. The molecular formula is C16H24IN. The minimum absolute atomic E-state index is 0.367. The first-order valence-corrected chi connectivity index (χ1v) is 8.20. The second-order valence-corrected chi connectivity index (χ2v) is 7.12. The summed E-state index contributed by atoms with van der Waals surface area (Å²) in [4.78, 5) is 0. The van der Waals surface area contributed by atoms with Gasteiger partial charge in [0, 0.05) is 3.57 Å². The Bertz CT molecular complexity index is 373. The number of hydrogen-bond acceptors (Lipinski definition) is 1. The minimum atomic E-state index is 0.367. The van der Waals surface area contributed by atoms with Crippen LogP contribution in [0.3, 0.4) is 0 Å². The highest BCUT2D eigenvalue weighted by molar-refractivity contribution is 14.1. The molecule has 0 spiro atoms. The van der Waals surface area contributed by atoms with Crippen molar-refractivity contribution in [2.75, 3.05) is 6.54 Å². The van der Waals surface area contributed by atoms with Gasteiger partial charge >= 0.3 is 0 Å². The molecule has 100 valence electrons. The topological polar surface area (TPSA) is 26.0 Å². The van der Waals surface area contributed by atoms with Crippen molar-refractivity contribution in [1.29, 1.82) is 0 Å². The standard InChI is InChI=1S/C16H24IN/c1-2-13-4-3-9-16(10-13,12-18)11-14-5-7-15(17)8-6-14/h5-8,13H,2-4,9-12,18H2,1H3. The fourth-order valence-electron chi connectivity index (χ4n) is 3.38. The first-order chi connectivity index (χ1) is 8.67. The van der Waals surface area contributed by atoms with Gasteiger partial charge in [0.2, 0.25) is 0 Å². The molecule has 2 heteroatoms. The predicted octanol–water partition coefficient (Wildman–Crippen LogP) is 4.38. The summed E-state index contributed by atoms with van der Waals surface area (Å²) in [6.45, 7) is 3.16. The van der Waals surface area contributed by atoms with Gasteiger partial charge in [-0.1, -0.05) is 38.3 Å². The highest BCUT2D eigenvalue weighted by atomic mass is 127. The molecule has 2 rings (SSSR count). The van der Waals surface area contributed by atoms with E-state index in [1.54, 1.807) is 0 Å². The fourth-order valence-corrected chi connectivity index (χ4v) is 3.74. The van der Waals surface area contributed by atoms with Crippen LogP contribution in [0, 0.1) is 14.9 Å². The third-order valence-electron chi connectivity index (χ3n) is 4.54. The molecule has 2 atom stereocenters. The maximum atomic E-state index is 6.13. The average molecular weight is 357 g/mol. The first-order valence-electron chi connectivity index (χ1n) is 7.12. The Labute approximate surface area is 125 Å². The fraction of sp³-hybridized carbons (Fsp3) is 0.625. The van der Waals surface area contributed by atoms with Gasteiger partial charge in [-0.3, -0.25) is 0 Å². The lowest BCUT2D eigenvalue weighted by Gasteiger charge is -2.40. The zero-order chi connectivity index (χ0) is 13.0. The summed E-state index contributed by atoms with van der Waals surface area (Å²) in [5.74, 6) is 0.895. The lowest BCUT2D eigenvalue weighted by atomic mass is 9.66. The Morgan fingerprint density at radius 1 is 1.33 bits per heavy atom. The Morgan fingerprint density at radius 2 is 2.06 bits per heavy atom. The van der Waals surface area contributed by atoms with Crippen molar-refractivity contribution in [2.24, 2.45) is 17.1 Å². The van der Waals surface area contributed by atoms with Crippen LogP contribution in [0.4, 0.5) is 0 Å². The summed E-state index contributed by atoms with van der Waals surface area (Å²) < 4.78 is 1.31. The van der Waals surface area contributed by atoms with Crippen LogP contribution >= 0.6 is 22.6 Å². The zero-order valence-corrected chi connectivity index (χ0v) is 13.4. The lowest BCUT2D eigenvalue weighted by molar-refractivity contribution is 0.142. The van der Waals surface area contributed by atoms with Gasteiger partial charge in [0.05, 0.1) is 0 Å². The smallest absolute Gasteiger partial charge is 0.0130 e. The molecule has 2 unspecified atom stereocenters. The summed E-state index contributed by atoms with van der Waals surface area (Å²) in [5.41, 5.74) is 7.95. The maximum absolute atomic E-state index is 6.13. The molecule has 1 aliphatic rings. The number of rotatable bonds is 4. The van der Waals surface area contributed by atoms with Crippen molar-refractivity contribution >= 4 is 22.6 Å². The minimum Gasteiger partial charge on any atom is -0.330 e. The third kappa shape index (κ3) is 3.47. The van der Waals surface area contributed by atoms with Crippen molar-refractivity contribution < 1.29 is 0 Å². The van der Waals surface area contributed by atoms with E-state index < -0.39 is 0 Å². The molecule has 1 nitrogen and oxygen atoms in total. The molecule has 0 aliphatic heterocycles. The molecule has 1 fully saturated rings. The van der Waals surface area contributed by atoms with E-state index in [4.69, 9.17) is 5.73 Å². The van der Waals surface area contributed by atoms with Gasteiger partial charge < -0.3 is 5.73 Å². The van der Waals surface area contributed by atoms with Crippen LogP contribution in [0.5, 0.6) is 0 Å². The van der Waals surface area contributed by atoms with E-state index in [1.165, 1.54) is 41.2 Å². The van der Waals surface area contributed by atoms with Crippen molar-refractivity contribution in [3.8, 4) is 0 Å². The summed E-state index contributed by atoms with van der Waals surface area (Å²) in [7, 11) is 0. The Morgan fingerprint density at radius 3 is 2.67 bits per heavy atom. The molecular weight excluding hydrogens is 333 g/mol. The second kappa shape index (κ2) is 6.38. The van der Waals surface area contributed by atoms with E-state index in [-0.39, 0.29) is 0 Å². The normalized spacial score (nSPS) is 28.3. The third-order valence-corrected chi connectivity index (χ3v) is 5.26. The van der Waals surface area contributed by atoms with Crippen LogP contribution in [0.15, 0.2) is 24.3 Å². The van der Waals surface area contributed by atoms with Gasteiger partial charge in [-0.25, -0.2) is 0 Å². The van der Waals surface area contributed by atoms with Gasteiger partial charge in [0.1, 0.15) is 0 Å². The summed E-state index contributed by atoms with van der Waals surface area (Å²) in [6, 6.07) is 8.96. The Balaban J connectivity index is 2.09. The summed E-state index contributed by atoms with van der Waals surface area (Å²) in [6.07, 6.45) is 7.88. The molecule has 1 aromatic carbocycles. The van der Waals surface area contributed by atoms with Gasteiger partial charge in [-0.15, -0.1) is 0 Å². The largest absolute Gasteiger partial charge is 0.330 e. The predicted molar refractivity (Wildman–Crippen MR) is 86.6 cm³/mol. The van der Waals surface area contributed by atoms with Crippen LogP contribution in [-0.2, 0) is 6.42 Å². The molecule has 0 bridgehead atoms. The van der Waals surface area contributed by atoms with Crippen LogP contribution in [0.1, 0.15) is 44.6 Å². The second-order valence-electron chi connectivity index (χ2n) is 5.88. The Kier molecular flexibility index (Phi) is 5.07.